The summed E-state index contributed by atoms with van der Waals surface area (Å²) in [6.07, 6.45) is 7.35. The molecule has 0 saturated carbocycles. The van der Waals surface area contributed by atoms with Crippen LogP contribution in [0.4, 0.5) is 0 Å². The van der Waals surface area contributed by atoms with Gasteiger partial charge < -0.3 is 10.6 Å². The second-order valence-electron chi connectivity index (χ2n) is 7.48. The molecule has 1 aliphatic heterocycles. The molecule has 2 heterocycles. The lowest BCUT2D eigenvalue weighted by Crippen LogP contribution is -2.29. The lowest BCUT2D eigenvalue weighted by atomic mass is 9.93. The van der Waals surface area contributed by atoms with Gasteiger partial charge in [-0.1, -0.05) is 18.2 Å². The Kier molecular flexibility index (Phi) is 6.91. The third kappa shape index (κ3) is 4.71. The molecule has 0 bridgehead atoms. The Labute approximate surface area is 167 Å². The van der Waals surface area contributed by atoms with Crippen LogP contribution in [0.2, 0.25) is 0 Å². The molecule has 1 aliphatic carbocycles. The lowest BCUT2D eigenvalue weighted by molar-refractivity contribution is -0.121. The number of rotatable bonds is 6. The number of piperidine rings is 1. The minimum atomic E-state index is 0. The van der Waals surface area contributed by atoms with Crippen LogP contribution in [-0.4, -0.2) is 28.8 Å². The molecular formula is C21H29ClN4O. The zero-order valence-electron chi connectivity index (χ0n) is 15.7. The maximum Gasteiger partial charge on any atom is 0.220 e. The molecule has 1 aromatic heterocycles. The second kappa shape index (κ2) is 9.38. The van der Waals surface area contributed by atoms with Crippen molar-refractivity contribution >= 4 is 18.3 Å². The molecule has 6 heteroatoms. The van der Waals surface area contributed by atoms with E-state index in [-0.39, 0.29) is 18.3 Å². The summed E-state index contributed by atoms with van der Waals surface area (Å²) >= 11 is 0. The zero-order chi connectivity index (χ0) is 17.8. The van der Waals surface area contributed by atoms with Crippen molar-refractivity contribution in [3.63, 3.8) is 0 Å². The van der Waals surface area contributed by atoms with Crippen LogP contribution < -0.4 is 10.6 Å². The van der Waals surface area contributed by atoms with E-state index in [1.54, 1.807) is 0 Å². The number of amides is 1. The van der Waals surface area contributed by atoms with Crippen molar-refractivity contribution in [3.8, 4) is 5.69 Å². The molecule has 5 nitrogen and oxygen atoms in total. The average molecular weight is 389 g/mol. The standard InChI is InChI=1S/C21H28N4O.ClH/c26-21(10-9-16-11-13-22-14-12-16)23-15-19-18-7-4-8-20(18)25(24-19)17-5-2-1-3-6-17;/h1-3,5-6,16,22H,4,7-15H2,(H,23,26);1H. The topological polar surface area (TPSA) is 59.0 Å². The number of fused-ring (bicyclic) bond motifs is 1. The number of hydrogen-bond donors (Lipinski definition) is 2. The fourth-order valence-electron chi connectivity index (χ4n) is 4.21. The molecule has 1 saturated heterocycles. The van der Waals surface area contributed by atoms with E-state index in [4.69, 9.17) is 5.10 Å². The molecule has 146 valence electrons. The Morgan fingerprint density at radius 3 is 2.74 bits per heavy atom. The Morgan fingerprint density at radius 1 is 1.19 bits per heavy atom. The van der Waals surface area contributed by atoms with Gasteiger partial charge in [0.15, 0.2) is 0 Å². The SMILES string of the molecule is Cl.O=C(CCC1CCNCC1)NCc1nn(-c2ccccc2)c2c1CCC2. The number of nitrogens with one attached hydrogen (secondary N) is 2. The Morgan fingerprint density at radius 2 is 1.96 bits per heavy atom. The van der Waals surface area contributed by atoms with Gasteiger partial charge in [-0.25, -0.2) is 4.68 Å². The molecule has 27 heavy (non-hydrogen) atoms. The predicted molar refractivity (Wildman–Crippen MR) is 110 cm³/mol. The van der Waals surface area contributed by atoms with E-state index in [1.807, 2.05) is 18.2 Å². The van der Waals surface area contributed by atoms with Crippen molar-refractivity contribution in [2.24, 2.45) is 5.92 Å². The first kappa shape index (κ1) is 19.9. The second-order valence-corrected chi connectivity index (χ2v) is 7.48. The van der Waals surface area contributed by atoms with Crippen LogP contribution in [0.1, 0.15) is 49.1 Å². The Balaban J connectivity index is 0.00000210. The minimum absolute atomic E-state index is 0. The van der Waals surface area contributed by atoms with E-state index in [9.17, 15) is 4.79 Å². The van der Waals surface area contributed by atoms with Gasteiger partial charge in [0.25, 0.3) is 0 Å². The number of para-hydroxylation sites is 1. The Hall–Kier alpha value is -1.85. The van der Waals surface area contributed by atoms with Gasteiger partial charge in [-0.2, -0.15) is 5.10 Å². The highest BCUT2D eigenvalue weighted by Crippen LogP contribution is 2.27. The first-order valence-electron chi connectivity index (χ1n) is 9.94. The highest BCUT2D eigenvalue weighted by atomic mass is 35.5. The predicted octanol–water partition coefficient (Wildman–Crippen LogP) is 3.18. The molecular weight excluding hydrogens is 360 g/mol. The third-order valence-corrected chi connectivity index (χ3v) is 5.71. The van der Waals surface area contributed by atoms with Crippen LogP contribution >= 0.6 is 12.4 Å². The van der Waals surface area contributed by atoms with Crippen LogP contribution in [0.15, 0.2) is 30.3 Å². The zero-order valence-corrected chi connectivity index (χ0v) is 16.6. The maximum absolute atomic E-state index is 12.3. The molecule has 1 aromatic carbocycles. The van der Waals surface area contributed by atoms with Gasteiger partial charge >= 0.3 is 0 Å². The van der Waals surface area contributed by atoms with Crippen molar-refractivity contribution in [2.45, 2.75) is 51.5 Å². The molecule has 0 radical (unpaired) electrons. The van der Waals surface area contributed by atoms with Crippen molar-refractivity contribution in [1.82, 2.24) is 20.4 Å². The van der Waals surface area contributed by atoms with Crippen LogP contribution in [0, 0.1) is 5.92 Å². The summed E-state index contributed by atoms with van der Waals surface area (Å²) in [6.45, 7) is 2.73. The third-order valence-electron chi connectivity index (χ3n) is 5.71. The van der Waals surface area contributed by atoms with Crippen LogP contribution in [0.25, 0.3) is 5.69 Å². The molecule has 2 aromatic rings. The smallest absolute Gasteiger partial charge is 0.220 e. The molecule has 4 rings (SSSR count). The van der Waals surface area contributed by atoms with E-state index in [0.29, 0.717) is 18.9 Å². The van der Waals surface area contributed by atoms with Gasteiger partial charge in [0, 0.05) is 12.1 Å². The summed E-state index contributed by atoms with van der Waals surface area (Å²) in [5.41, 5.74) is 4.80. The lowest BCUT2D eigenvalue weighted by Gasteiger charge is -2.22. The maximum atomic E-state index is 12.3. The highest BCUT2D eigenvalue weighted by molar-refractivity contribution is 5.85. The van der Waals surface area contributed by atoms with Gasteiger partial charge in [-0.15, -0.1) is 12.4 Å². The fourth-order valence-corrected chi connectivity index (χ4v) is 4.21. The monoisotopic (exact) mass is 388 g/mol. The summed E-state index contributed by atoms with van der Waals surface area (Å²) in [7, 11) is 0. The first-order chi connectivity index (χ1) is 12.8. The van der Waals surface area contributed by atoms with Crippen LogP contribution in [0.5, 0.6) is 0 Å². The largest absolute Gasteiger partial charge is 0.350 e. The van der Waals surface area contributed by atoms with Gasteiger partial charge in [-0.3, -0.25) is 4.79 Å². The van der Waals surface area contributed by atoms with Crippen molar-refractivity contribution < 1.29 is 4.79 Å². The van der Waals surface area contributed by atoms with Crippen molar-refractivity contribution in [2.75, 3.05) is 13.1 Å². The molecule has 0 spiro atoms. The number of carbonyl (C=O) groups excluding carboxylic acids is 1. The summed E-state index contributed by atoms with van der Waals surface area (Å²) in [6, 6.07) is 10.3. The number of hydrogen-bond acceptors (Lipinski definition) is 3. The molecule has 1 fully saturated rings. The van der Waals surface area contributed by atoms with Crippen LogP contribution in [-0.2, 0) is 24.2 Å². The average Bonchev–Trinajstić information content (AvgIpc) is 3.29. The molecule has 1 amide bonds. The van der Waals surface area contributed by atoms with E-state index in [2.05, 4.69) is 27.4 Å². The van der Waals surface area contributed by atoms with Gasteiger partial charge in [-0.05, 0) is 75.2 Å². The van der Waals surface area contributed by atoms with E-state index in [1.165, 1.54) is 30.5 Å². The normalized spacial score (nSPS) is 16.6. The molecule has 2 N–H and O–H groups in total. The number of carbonyl (C=O) groups is 1. The quantitative estimate of drug-likeness (QED) is 0.799. The van der Waals surface area contributed by atoms with E-state index < -0.39 is 0 Å². The van der Waals surface area contributed by atoms with Gasteiger partial charge in [0.2, 0.25) is 5.91 Å². The fraction of sp³-hybridized carbons (Fsp3) is 0.524. The Bertz CT molecular complexity index is 753. The van der Waals surface area contributed by atoms with E-state index >= 15 is 0 Å². The summed E-state index contributed by atoms with van der Waals surface area (Å²) in [5.74, 6) is 0.855. The van der Waals surface area contributed by atoms with Crippen molar-refractivity contribution in [1.29, 1.82) is 0 Å². The molecule has 0 unspecified atom stereocenters. The summed E-state index contributed by atoms with van der Waals surface area (Å²) in [4.78, 5) is 12.3. The first-order valence-corrected chi connectivity index (χ1v) is 9.94. The number of halogens is 1. The van der Waals surface area contributed by atoms with Crippen LogP contribution in [0.3, 0.4) is 0 Å². The summed E-state index contributed by atoms with van der Waals surface area (Å²) in [5, 5.41) is 11.3. The van der Waals surface area contributed by atoms with E-state index in [0.717, 1.165) is 43.7 Å². The summed E-state index contributed by atoms with van der Waals surface area (Å²) < 4.78 is 2.07. The number of nitrogens with zero attached hydrogens (tertiary/aromatic N) is 2. The minimum Gasteiger partial charge on any atom is -0.350 e. The van der Waals surface area contributed by atoms with Gasteiger partial charge in [0.1, 0.15) is 0 Å². The number of aromatic nitrogens is 2. The highest BCUT2D eigenvalue weighted by Gasteiger charge is 2.23. The van der Waals surface area contributed by atoms with Gasteiger partial charge in [0.05, 0.1) is 17.9 Å². The molecule has 0 atom stereocenters. The molecule has 2 aliphatic rings. The number of benzene rings is 1. The van der Waals surface area contributed by atoms with Crippen molar-refractivity contribution in [3.05, 3.63) is 47.3 Å².